The number of ether oxygens (including phenoxy) is 2. The molecule has 6 heteroatoms. The highest BCUT2D eigenvalue weighted by molar-refractivity contribution is 5.75. The fraction of sp³-hybridized carbons (Fsp3) is 0.381. The van der Waals surface area contributed by atoms with Crippen molar-refractivity contribution in [2.45, 2.75) is 39.0 Å². The number of fused-ring (bicyclic) bond motifs is 1. The minimum absolute atomic E-state index is 0.160. The van der Waals surface area contributed by atoms with E-state index in [9.17, 15) is 5.11 Å². The van der Waals surface area contributed by atoms with Gasteiger partial charge >= 0.3 is 0 Å². The van der Waals surface area contributed by atoms with Crippen LogP contribution < -0.4 is 15.1 Å². The highest BCUT2D eigenvalue weighted by atomic mass is 16.5. The van der Waals surface area contributed by atoms with Crippen LogP contribution >= 0.6 is 0 Å². The van der Waals surface area contributed by atoms with Gasteiger partial charge in [0.1, 0.15) is 24.2 Å². The zero-order valence-electron chi connectivity index (χ0n) is 15.9. The third-order valence-corrected chi connectivity index (χ3v) is 4.61. The molecule has 0 amide bonds. The van der Waals surface area contributed by atoms with Crippen LogP contribution in [0.4, 0.5) is 0 Å². The van der Waals surface area contributed by atoms with Gasteiger partial charge in [0.25, 0.3) is 0 Å². The average molecular weight is 369 g/mol. The van der Waals surface area contributed by atoms with Crippen molar-refractivity contribution in [2.24, 2.45) is 0 Å². The Labute approximate surface area is 159 Å². The van der Waals surface area contributed by atoms with E-state index in [4.69, 9.17) is 14.9 Å². The van der Waals surface area contributed by atoms with Crippen molar-refractivity contribution in [3.8, 4) is 11.5 Å². The molecule has 0 fully saturated rings. The van der Waals surface area contributed by atoms with E-state index in [0.717, 1.165) is 36.2 Å². The molecule has 1 aromatic heterocycles. The molecule has 0 aliphatic rings. The van der Waals surface area contributed by atoms with Gasteiger partial charge in [-0.15, -0.1) is 0 Å². The van der Waals surface area contributed by atoms with Gasteiger partial charge in [-0.3, -0.25) is 5.41 Å². The normalized spacial score (nSPS) is 12.3. The maximum absolute atomic E-state index is 10.5. The second-order valence-electron chi connectivity index (χ2n) is 6.57. The highest BCUT2D eigenvalue weighted by Gasteiger charge is 2.14. The fourth-order valence-electron chi connectivity index (χ4n) is 3.15. The molecule has 2 aromatic carbocycles. The number of hydrogen-bond acceptors (Lipinski definition) is 4. The predicted octanol–water partition coefficient (Wildman–Crippen LogP) is 3.17. The van der Waals surface area contributed by atoms with Gasteiger partial charge in [0.15, 0.2) is 0 Å². The molecule has 0 saturated heterocycles. The van der Waals surface area contributed by atoms with Crippen LogP contribution in [0.25, 0.3) is 11.0 Å². The maximum Gasteiger partial charge on any atom is 0.203 e. The van der Waals surface area contributed by atoms with Crippen molar-refractivity contribution in [2.75, 3.05) is 13.7 Å². The lowest BCUT2D eigenvalue weighted by molar-refractivity contribution is 0.0920. The summed E-state index contributed by atoms with van der Waals surface area (Å²) < 4.78 is 14.7. The van der Waals surface area contributed by atoms with E-state index in [1.54, 1.807) is 7.11 Å². The van der Waals surface area contributed by atoms with Gasteiger partial charge in [0, 0.05) is 6.54 Å². The number of methoxy groups -OCH3 is 1. The number of aromatic nitrogens is 2. The van der Waals surface area contributed by atoms with Gasteiger partial charge in [-0.1, -0.05) is 25.5 Å². The molecule has 0 aliphatic carbocycles. The van der Waals surface area contributed by atoms with Crippen LogP contribution in [-0.2, 0) is 13.1 Å². The lowest BCUT2D eigenvalue weighted by atomic mass is 10.3. The molecule has 1 unspecified atom stereocenters. The first-order valence-electron chi connectivity index (χ1n) is 9.31. The third kappa shape index (κ3) is 4.34. The number of nitrogens with one attached hydrogen (secondary N) is 1. The molecule has 1 atom stereocenters. The largest absolute Gasteiger partial charge is 0.497 e. The van der Waals surface area contributed by atoms with Crippen LogP contribution in [0, 0.1) is 5.41 Å². The Morgan fingerprint density at radius 2 is 1.63 bits per heavy atom. The number of hydrogen-bond donors (Lipinski definition) is 2. The third-order valence-electron chi connectivity index (χ3n) is 4.61. The van der Waals surface area contributed by atoms with Gasteiger partial charge in [-0.05, 0) is 42.8 Å². The molecular weight excluding hydrogens is 342 g/mol. The number of para-hydroxylation sites is 2. The van der Waals surface area contributed by atoms with Crippen LogP contribution in [0.1, 0.15) is 19.8 Å². The lowest BCUT2D eigenvalue weighted by Gasteiger charge is -2.14. The summed E-state index contributed by atoms with van der Waals surface area (Å²) in [6.45, 7) is 3.42. The van der Waals surface area contributed by atoms with Crippen molar-refractivity contribution < 1.29 is 14.6 Å². The maximum atomic E-state index is 10.5. The summed E-state index contributed by atoms with van der Waals surface area (Å²) in [4.78, 5) is 0. The van der Waals surface area contributed by atoms with Crippen LogP contribution in [0.3, 0.4) is 0 Å². The first-order valence-corrected chi connectivity index (χ1v) is 9.31. The molecular formula is C21H27N3O3. The number of unbranched alkanes of at least 4 members (excludes halogenated alkanes) is 1. The van der Waals surface area contributed by atoms with E-state index < -0.39 is 6.10 Å². The minimum atomic E-state index is -0.716. The summed E-state index contributed by atoms with van der Waals surface area (Å²) in [5.74, 6) is 1.44. The number of rotatable bonds is 9. The average Bonchev–Trinajstić information content (AvgIpc) is 2.96. The van der Waals surface area contributed by atoms with Crippen molar-refractivity contribution in [1.82, 2.24) is 9.13 Å². The quantitative estimate of drug-likeness (QED) is 0.608. The molecule has 2 N–H and O–H groups in total. The van der Waals surface area contributed by atoms with Crippen LogP contribution in [0.5, 0.6) is 11.5 Å². The molecule has 0 aliphatic heterocycles. The molecule has 144 valence electrons. The Bertz CT molecular complexity index is 928. The number of nitrogens with zero attached hydrogens (tertiary/aromatic N) is 2. The molecule has 3 aromatic rings. The zero-order chi connectivity index (χ0) is 19.2. The summed E-state index contributed by atoms with van der Waals surface area (Å²) in [6, 6.07) is 15.2. The van der Waals surface area contributed by atoms with E-state index in [1.807, 2.05) is 57.7 Å². The van der Waals surface area contributed by atoms with Crippen LogP contribution in [0.15, 0.2) is 48.5 Å². The van der Waals surface area contributed by atoms with Gasteiger partial charge in [0.05, 0.1) is 24.7 Å². The molecule has 0 radical (unpaired) electrons. The van der Waals surface area contributed by atoms with E-state index in [2.05, 4.69) is 6.92 Å². The summed E-state index contributed by atoms with van der Waals surface area (Å²) in [6.07, 6.45) is 1.38. The second kappa shape index (κ2) is 8.77. The monoisotopic (exact) mass is 369 g/mol. The topological polar surface area (TPSA) is 72.4 Å². The summed E-state index contributed by atoms with van der Waals surface area (Å²) in [5, 5.41) is 19.0. The van der Waals surface area contributed by atoms with Gasteiger partial charge in [0.2, 0.25) is 5.62 Å². The van der Waals surface area contributed by atoms with E-state index in [0.29, 0.717) is 17.9 Å². The molecule has 3 rings (SSSR count). The number of benzene rings is 2. The minimum Gasteiger partial charge on any atom is -0.497 e. The Morgan fingerprint density at radius 3 is 2.26 bits per heavy atom. The first-order chi connectivity index (χ1) is 13.1. The highest BCUT2D eigenvalue weighted by Crippen LogP contribution is 2.18. The smallest absolute Gasteiger partial charge is 0.203 e. The van der Waals surface area contributed by atoms with Crippen LogP contribution in [0.2, 0.25) is 0 Å². The standard InChI is InChI=1S/C21H27N3O3/c1-3-4-13-23-19-7-5-6-8-20(19)24(21(23)22)14-16(25)15-27-18-11-9-17(26-2)10-12-18/h5-12,16,22,25H,3-4,13-15H2,1-2H3. The summed E-state index contributed by atoms with van der Waals surface area (Å²) in [7, 11) is 1.62. The van der Waals surface area contributed by atoms with Gasteiger partial charge < -0.3 is 23.7 Å². The second-order valence-corrected chi connectivity index (χ2v) is 6.57. The molecule has 1 heterocycles. The van der Waals surface area contributed by atoms with Crippen molar-refractivity contribution in [3.63, 3.8) is 0 Å². The van der Waals surface area contributed by atoms with Crippen molar-refractivity contribution in [3.05, 3.63) is 54.1 Å². The lowest BCUT2D eigenvalue weighted by Crippen LogP contribution is -2.31. The van der Waals surface area contributed by atoms with E-state index in [1.165, 1.54) is 0 Å². The molecule has 6 nitrogen and oxygen atoms in total. The molecule has 0 spiro atoms. The van der Waals surface area contributed by atoms with E-state index in [-0.39, 0.29) is 6.61 Å². The van der Waals surface area contributed by atoms with Crippen molar-refractivity contribution in [1.29, 1.82) is 5.41 Å². The number of aliphatic hydroxyl groups is 1. The zero-order valence-corrected chi connectivity index (χ0v) is 15.9. The number of aryl methyl sites for hydroxylation is 1. The Kier molecular flexibility index (Phi) is 6.19. The molecule has 0 saturated carbocycles. The number of imidazole rings is 1. The SMILES string of the molecule is CCCCn1c(=N)n(CC(O)COc2ccc(OC)cc2)c2ccccc21. The van der Waals surface area contributed by atoms with E-state index >= 15 is 0 Å². The first kappa shape index (κ1) is 19.0. The Morgan fingerprint density at radius 1 is 1.00 bits per heavy atom. The van der Waals surface area contributed by atoms with Crippen LogP contribution in [-0.4, -0.2) is 34.1 Å². The van der Waals surface area contributed by atoms with Crippen molar-refractivity contribution >= 4 is 11.0 Å². The summed E-state index contributed by atoms with van der Waals surface area (Å²) in [5.41, 5.74) is 2.40. The molecule has 0 bridgehead atoms. The molecule has 27 heavy (non-hydrogen) atoms. The fourth-order valence-corrected chi connectivity index (χ4v) is 3.15. The Balaban J connectivity index is 1.73. The summed E-state index contributed by atoms with van der Waals surface area (Å²) >= 11 is 0. The number of aliphatic hydroxyl groups excluding tert-OH is 1. The Hall–Kier alpha value is -2.73. The van der Waals surface area contributed by atoms with Gasteiger partial charge in [-0.25, -0.2) is 0 Å². The van der Waals surface area contributed by atoms with Gasteiger partial charge in [-0.2, -0.15) is 0 Å². The predicted molar refractivity (Wildman–Crippen MR) is 105 cm³/mol.